The fourth-order valence-electron chi connectivity index (χ4n) is 2.52. The second kappa shape index (κ2) is 7.15. The number of carbonyl (C=O) groups is 1. The van der Waals surface area contributed by atoms with E-state index in [9.17, 15) is 13.2 Å². The van der Waals surface area contributed by atoms with E-state index < -0.39 is 22.0 Å². The predicted molar refractivity (Wildman–Crippen MR) is 103 cm³/mol. The SMILES string of the molecule is CS(=O)(=O)N1C[C@H](C(=O)Nc2cc(Cl)cc(Cl)c2)Oc2ccc(Cl)cc21. The minimum absolute atomic E-state index is 0.188. The van der Waals surface area contributed by atoms with Crippen LogP contribution in [0.4, 0.5) is 11.4 Å². The molecule has 1 heterocycles. The van der Waals surface area contributed by atoms with E-state index in [-0.39, 0.29) is 18.0 Å². The molecule has 1 aliphatic heterocycles. The maximum atomic E-state index is 12.6. The number of anilines is 2. The van der Waals surface area contributed by atoms with Crippen LogP contribution in [0.25, 0.3) is 0 Å². The fourth-order valence-corrected chi connectivity index (χ4v) is 4.12. The Morgan fingerprint density at radius 1 is 1.12 bits per heavy atom. The molecule has 0 aromatic heterocycles. The lowest BCUT2D eigenvalue weighted by molar-refractivity contribution is -0.122. The summed E-state index contributed by atoms with van der Waals surface area (Å²) < 4.78 is 31.0. The summed E-state index contributed by atoms with van der Waals surface area (Å²) in [7, 11) is -3.64. The minimum Gasteiger partial charge on any atom is -0.476 e. The zero-order chi connectivity index (χ0) is 19.1. The van der Waals surface area contributed by atoms with Crippen LogP contribution >= 0.6 is 34.8 Å². The maximum absolute atomic E-state index is 12.6. The number of nitrogens with one attached hydrogen (secondary N) is 1. The van der Waals surface area contributed by atoms with Crippen molar-refractivity contribution in [2.24, 2.45) is 0 Å². The molecule has 10 heteroatoms. The van der Waals surface area contributed by atoms with E-state index in [1.165, 1.54) is 30.3 Å². The van der Waals surface area contributed by atoms with Crippen LogP contribution < -0.4 is 14.4 Å². The normalized spacial score (nSPS) is 16.6. The Morgan fingerprint density at radius 3 is 2.38 bits per heavy atom. The predicted octanol–water partition coefficient (Wildman–Crippen LogP) is 3.81. The van der Waals surface area contributed by atoms with Gasteiger partial charge < -0.3 is 10.1 Å². The molecule has 0 aliphatic carbocycles. The van der Waals surface area contributed by atoms with Crippen LogP contribution in [0.3, 0.4) is 0 Å². The molecule has 1 amide bonds. The van der Waals surface area contributed by atoms with Gasteiger partial charge in [0.1, 0.15) is 5.75 Å². The molecule has 6 nitrogen and oxygen atoms in total. The van der Waals surface area contributed by atoms with Gasteiger partial charge in [-0.25, -0.2) is 8.42 Å². The highest BCUT2D eigenvalue weighted by molar-refractivity contribution is 7.92. The van der Waals surface area contributed by atoms with Crippen LogP contribution in [0.5, 0.6) is 5.75 Å². The summed E-state index contributed by atoms with van der Waals surface area (Å²) in [5.41, 5.74) is 0.666. The van der Waals surface area contributed by atoms with Gasteiger partial charge in [0.15, 0.2) is 6.10 Å². The topological polar surface area (TPSA) is 75.7 Å². The molecular weight excluding hydrogens is 423 g/mol. The third-order valence-electron chi connectivity index (χ3n) is 3.61. The highest BCUT2D eigenvalue weighted by Gasteiger charge is 2.35. The zero-order valence-electron chi connectivity index (χ0n) is 13.4. The van der Waals surface area contributed by atoms with E-state index in [0.29, 0.717) is 20.8 Å². The van der Waals surface area contributed by atoms with Gasteiger partial charge in [0.05, 0.1) is 18.5 Å². The summed E-state index contributed by atoms with van der Waals surface area (Å²) in [5, 5.41) is 3.70. The number of hydrogen-bond donors (Lipinski definition) is 1. The number of benzene rings is 2. The molecular formula is C16H13Cl3N2O4S. The Labute approximate surface area is 165 Å². The van der Waals surface area contributed by atoms with Gasteiger partial charge in [-0.05, 0) is 36.4 Å². The van der Waals surface area contributed by atoms with E-state index >= 15 is 0 Å². The van der Waals surface area contributed by atoms with Crippen LogP contribution in [0.15, 0.2) is 36.4 Å². The molecule has 3 rings (SSSR count). The Balaban J connectivity index is 1.89. The van der Waals surface area contributed by atoms with Crippen molar-refractivity contribution in [3.05, 3.63) is 51.5 Å². The smallest absolute Gasteiger partial charge is 0.267 e. The molecule has 1 N–H and O–H groups in total. The van der Waals surface area contributed by atoms with E-state index in [1.807, 2.05) is 0 Å². The first-order chi connectivity index (χ1) is 12.1. The van der Waals surface area contributed by atoms with Gasteiger partial charge >= 0.3 is 0 Å². The van der Waals surface area contributed by atoms with Gasteiger partial charge in [-0.1, -0.05) is 34.8 Å². The second-order valence-electron chi connectivity index (χ2n) is 5.66. The number of hydrogen-bond acceptors (Lipinski definition) is 4. The Morgan fingerprint density at radius 2 is 1.77 bits per heavy atom. The van der Waals surface area contributed by atoms with E-state index in [2.05, 4.69) is 5.32 Å². The molecule has 138 valence electrons. The molecule has 2 aromatic rings. The molecule has 0 bridgehead atoms. The van der Waals surface area contributed by atoms with Gasteiger partial charge in [0, 0.05) is 20.8 Å². The van der Waals surface area contributed by atoms with Crippen molar-refractivity contribution in [2.45, 2.75) is 6.10 Å². The average molecular weight is 436 g/mol. The molecule has 0 fully saturated rings. The number of rotatable bonds is 3. The number of sulfonamides is 1. The second-order valence-corrected chi connectivity index (χ2v) is 8.88. The first kappa shape index (κ1) is 19.1. The van der Waals surface area contributed by atoms with Crippen molar-refractivity contribution < 1.29 is 17.9 Å². The van der Waals surface area contributed by atoms with Gasteiger partial charge in [-0.15, -0.1) is 0 Å². The highest BCUT2D eigenvalue weighted by Crippen LogP contribution is 2.37. The third kappa shape index (κ3) is 4.17. The number of halogens is 3. The summed E-state index contributed by atoms with van der Waals surface area (Å²) >= 11 is 17.8. The van der Waals surface area contributed by atoms with Crippen molar-refractivity contribution in [3.8, 4) is 5.75 Å². The molecule has 1 atom stereocenters. The molecule has 0 radical (unpaired) electrons. The Kier molecular flexibility index (Phi) is 5.25. The lowest BCUT2D eigenvalue weighted by Gasteiger charge is -2.34. The Hall–Kier alpha value is -1.67. The van der Waals surface area contributed by atoms with E-state index in [4.69, 9.17) is 39.5 Å². The van der Waals surface area contributed by atoms with Crippen molar-refractivity contribution in [2.75, 3.05) is 22.4 Å². The van der Waals surface area contributed by atoms with Crippen LogP contribution in [0.2, 0.25) is 15.1 Å². The first-order valence-corrected chi connectivity index (χ1v) is 10.3. The largest absolute Gasteiger partial charge is 0.476 e. The summed E-state index contributed by atoms with van der Waals surface area (Å²) in [6, 6.07) is 9.12. The maximum Gasteiger partial charge on any atom is 0.267 e. The number of amides is 1. The standard InChI is InChI=1S/C16H13Cl3N2O4S/c1-26(23,24)21-8-15(25-14-3-2-9(17)7-13(14)21)16(22)20-12-5-10(18)4-11(19)6-12/h2-7,15H,8H2,1H3,(H,20,22)/t15-/m1/s1. The summed E-state index contributed by atoms with van der Waals surface area (Å²) in [5.74, 6) is -0.284. The molecule has 2 aromatic carbocycles. The summed E-state index contributed by atoms with van der Waals surface area (Å²) in [6.07, 6.45) is -0.00880. The molecule has 26 heavy (non-hydrogen) atoms. The fraction of sp³-hybridized carbons (Fsp3) is 0.188. The molecule has 0 saturated carbocycles. The van der Waals surface area contributed by atoms with Gasteiger partial charge in [-0.3, -0.25) is 9.10 Å². The summed E-state index contributed by atoms with van der Waals surface area (Å²) in [6.45, 7) is -0.188. The van der Waals surface area contributed by atoms with Crippen LogP contribution in [-0.4, -0.2) is 33.2 Å². The Bertz CT molecular complexity index is 961. The molecule has 0 unspecified atom stereocenters. The number of fused-ring (bicyclic) bond motifs is 1. The average Bonchev–Trinajstić information content (AvgIpc) is 2.51. The van der Waals surface area contributed by atoms with Crippen molar-refractivity contribution in [1.82, 2.24) is 0 Å². The molecule has 1 aliphatic rings. The number of carbonyl (C=O) groups excluding carboxylic acids is 1. The van der Waals surface area contributed by atoms with Crippen molar-refractivity contribution in [1.29, 1.82) is 0 Å². The van der Waals surface area contributed by atoms with E-state index in [0.717, 1.165) is 10.6 Å². The van der Waals surface area contributed by atoms with Gasteiger partial charge in [0.25, 0.3) is 5.91 Å². The third-order valence-corrected chi connectivity index (χ3v) is 5.43. The van der Waals surface area contributed by atoms with Crippen molar-refractivity contribution in [3.63, 3.8) is 0 Å². The number of nitrogens with zero attached hydrogens (tertiary/aromatic N) is 1. The lowest BCUT2D eigenvalue weighted by Crippen LogP contribution is -2.48. The minimum atomic E-state index is -3.64. The molecule has 0 spiro atoms. The summed E-state index contributed by atoms with van der Waals surface area (Å²) in [4.78, 5) is 12.6. The molecule has 0 saturated heterocycles. The van der Waals surface area contributed by atoms with Crippen LogP contribution in [-0.2, 0) is 14.8 Å². The van der Waals surface area contributed by atoms with Gasteiger partial charge in [-0.2, -0.15) is 0 Å². The van der Waals surface area contributed by atoms with Crippen LogP contribution in [0, 0.1) is 0 Å². The zero-order valence-corrected chi connectivity index (χ0v) is 16.5. The van der Waals surface area contributed by atoms with E-state index in [1.54, 1.807) is 6.07 Å². The quantitative estimate of drug-likeness (QED) is 0.795. The van der Waals surface area contributed by atoms with Gasteiger partial charge in [0.2, 0.25) is 10.0 Å². The van der Waals surface area contributed by atoms with Crippen molar-refractivity contribution >= 4 is 62.1 Å². The highest BCUT2D eigenvalue weighted by atomic mass is 35.5. The monoisotopic (exact) mass is 434 g/mol. The lowest BCUT2D eigenvalue weighted by atomic mass is 10.2. The first-order valence-electron chi connectivity index (χ1n) is 7.34. The number of ether oxygens (including phenoxy) is 1. The van der Waals surface area contributed by atoms with Crippen LogP contribution in [0.1, 0.15) is 0 Å².